The lowest BCUT2D eigenvalue weighted by Crippen LogP contribution is -2.26. The molecule has 1 aliphatic carbocycles. The summed E-state index contributed by atoms with van der Waals surface area (Å²) in [5.74, 6) is 0.434. The van der Waals surface area contributed by atoms with Gasteiger partial charge in [-0.3, -0.25) is 0 Å². The molecule has 1 aromatic heterocycles. The summed E-state index contributed by atoms with van der Waals surface area (Å²) in [5.41, 5.74) is 0.632. The monoisotopic (exact) mass is 324 g/mol. The minimum absolute atomic E-state index is 0.0645. The molecule has 0 bridgehead atoms. The van der Waals surface area contributed by atoms with E-state index in [9.17, 15) is 8.42 Å². The van der Waals surface area contributed by atoms with Gasteiger partial charge in [0.2, 0.25) is 15.3 Å². The average Bonchev–Trinajstić information content (AvgIpc) is 3.22. The highest BCUT2D eigenvalue weighted by Crippen LogP contribution is 2.24. The smallest absolute Gasteiger partial charge is 0.221 e. The Labute approximate surface area is 127 Å². The van der Waals surface area contributed by atoms with Crippen LogP contribution in [-0.2, 0) is 16.4 Å². The van der Waals surface area contributed by atoms with Gasteiger partial charge in [0, 0.05) is 12.5 Å². The summed E-state index contributed by atoms with van der Waals surface area (Å²) in [6.07, 6.45) is 3.38. The molecule has 0 amide bonds. The van der Waals surface area contributed by atoms with Crippen LogP contribution in [-0.4, -0.2) is 29.4 Å². The maximum Gasteiger partial charge on any atom is 0.241 e. The van der Waals surface area contributed by atoms with E-state index in [2.05, 4.69) is 19.7 Å². The van der Waals surface area contributed by atoms with Crippen molar-refractivity contribution in [3.8, 4) is 0 Å². The van der Waals surface area contributed by atoms with Crippen LogP contribution in [0.1, 0.15) is 24.2 Å². The van der Waals surface area contributed by atoms with E-state index in [1.807, 2.05) is 0 Å². The maximum atomic E-state index is 12.4. The van der Waals surface area contributed by atoms with Crippen LogP contribution in [0.3, 0.4) is 0 Å². The second-order valence-electron chi connectivity index (χ2n) is 4.85. The largest absolute Gasteiger partial charge is 0.241 e. The second kappa shape index (κ2) is 5.67. The molecule has 2 aromatic rings. The van der Waals surface area contributed by atoms with Crippen LogP contribution in [0.5, 0.6) is 0 Å². The fourth-order valence-electron chi connectivity index (χ4n) is 1.96. The van der Waals surface area contributed by atoms with Crippen LogP contribution in [0.2, 0.25) is 5.28 Å². The van der Waals surface area contributed by atoms with Crippen molar-refractivity contribution >= 4 is 21.6 Å². The molecule has 8 heteroatoms. The van der Waals surface area contributed by atoms with E-state index in [1.54, 1.807) is 24.3 Å². The fourth-order valence-corrected chi connectivity index (χ4v) is 3.64. The summed E-state index contributed by atoms with van der Waals surface area (Å²) in [7, 11) is -3.51. The molecule has 1 fully saturated rings. The third kappa shape index (κ3) is 3.55. The molecule has 3 rings (SSSR count). The van der Waals surface area contributed by atoms with E-state index in [4.69, 9.17) is 11.6 Å². The number of benzene rings is 1. The van der Waals surface area contributed by atoms with Crippen molar-refractivity contribution in [1.82, 2.24) is 19.7 Å². The van der Waals surface area contributed by atoms with Gasteiger partial charge in [-0.25, -0.2) is 28.1 Å². The highest BCUT2D eigenvalue weighted by Gasteiger charge is 2.29. The summed E-state index contributed by atoms with van der Waals surface area (Å²) in [6, 6.07) is 6.89. The Balaban J connectivity index is 1.92. The van der Waals surface area contributed by atoms with Gasteiger partial charge >= 0.3 is 0 Å². The molecule has 0 unspecified atom stereocenters. The van der Waals surface area contributed by atoms with Crippen molar-refractivity contribution in [1.29, 1.82) is 0 Å². The Hall–Kier alpha value is -1.57. The number of aromatic nitrogens is 3. The van der Waals surface area contributed by atoms with E-state index in [1.165, 1.54) is 6.33 Å². The zero-order valence-electron chi connectivity index (χ0n) is 11.0. The normalized spacial score (nSPS) is 15.1. The molecule has 0 radical (unpaired) electrons. The van der Waals surface area contributed by atoms with Gasteiger partial charge in [0.15, 0.2) is 0 Å². The first-order valence-electron chi connectivity index (χ1n) is 6.48. The SMILES string of the molecule is O=S(=O)(NC1CC1)c1ccccc1Cc1ncnc(Cl)n1. The van der Waals surface area contributed by atoms with E-state index < -0.39 is 10.0 Å². The van der Waals surface area contributed by atoms with Gasteiger partial charge < -0.3 is 0 Å². The minimum Gasteiger partial charge on any atom is -0.221 e. The van der Waals surface area contributed by atoms with E-state index in [-0.39, 0.29) is 22.6 Å². The number of nitrogens with one attached hydrogen (secondary N) is 1. The second-order valence-corrected chi connectivity index (χ2v) is 6.87. The summed E-state index contributed by atoms with van der Waals surface area (Å²) >= 11 is 5.73. The molecule has 1 N–H and O–H groups in total. The Morgan fingerprint density at radius 3 is 2.71 bits per heavy atom. The van der Waals surface area contributed by atoms with Gasteiger partial charge in [-0.05, 0) is 36.1 Å². The highest BCUT2D eigenvalue weighted by atomic mass is 35.5. The van der Waals surface area contributed by atoms with Gasteiger partial charge in [0.05, 0.1) is 4.90 Å². The Morgan fingerprint density at radius 1 is 1.24 bits per heavy atom. The van der Waals surface area contributed by atoms with Crippen molar-refractivity contribution < 1.29 is 8.42 Å². The Bertz CT molecular complexity index is 762. The molecular weight excluding hydrogens is 312 g/mol. The van der Waals surface area contributed by atoms with E-state index in [0.717, 1.165) is 12.8 Å². The first-order valence-corrected chi connectivity index (χ1v) is 8.34. The zero-order chi connectivity index (χ0) is 14.9. The average molecular weight is 325 g/mol. The van der Waals surface area contributed by atoms with Crippen molar-refractivity contribution in [2.24, 2.45) is 0 Å². The van der Waals surface area contributed by atoms with Gasteiger partial charge in [0.1, 0.15) is 12.2 Å². The molecule has 1 saturated carbocycles. The molecule has 0 spiro atoms. The first-order chi connectivity index (χ1) is 10.0. The maximum absolute atomic E-state index is 12.4. The summed E-state index contributed by atoms with van der Waals surface area (Å²) < 4.78 is 27.4. The molecule has 6 nitrogen and oxygen atoms in total. The molecule has 0 aliphatic heterocycles. The number of hydrogen-bond acceptors (Lipinski definition) is 5. The van der Waals surface area contributed by atoms with Crippen molar-refractivity contribution in [3.63, 3.8) is 0 Å². The summed E-state index contributed by atoms with van der Waals surface area (Å²) in [4.78, 5) is 12.0. The van der Waals surface area contributed by atoms with E-state index >= 15 is 0 Å². The Kier molecular flexibility index (Phi) is 3.88. The van der Waals surface area contributed by atoms with Gasteiger partial charge in [0.25, 0.3) is 0 Å². The number of nitrogens with zero attached hydrogens (tertiary/aromatic N) is 3. The predicted octanol–water partition coefficient (Wildman–Crippen LogP) is 1.56. The highest BCUT2D eigenvalue weighted by molar-refractivity contribution is 7.89. The van der Waals surface area contributed by atoms with Crippen LogP contribution in [0.4, 0.5) is 0 Å². The minimum atomic E-state index is -3.51. The molecule has 1 aromatic carbocycles. The standard InChI is InChI=1S/C13H13ClN4O2S/c14-13-16-8-15-12(17-13)7-9-3-1-2-4-11(9)21(19,20)18-10-5-6-10/h1-4,8,10,18H,5-7H2. The topological polar surface area (TPSA) is 84.8 Å². The third-order valence-corrected chi connectivity index (χ3v) is 4.91. The predicted molar refractivity (Wildman–Crippen MR) is 77.4 cm³/mol. The van der Waals surface area contributed by atoms with Crippen LogP contribution in [0, 0.1) is 0 Å². The van der Waals surface area contributed by atoms with Crippen LogP contribution < -0.4 is 4.72 Å². The molecule has 1 heterocycles. The van der Waals surface area contributed by atoms with Crippen LogP contribution in [0.15, 0.2) is 35.5 Å². The molecule has 21 heavy (non-hydrogen) atoms. The fraction of sp³-hybridized carbons (Fsp3) is 0.308. The Morgan fingerprint density at radius 2 is 2.00 bits per heavy atom. The van der Waals surface area contributed by atoms with Crippen molar-refractivity contribution in [2.45, 2.75) is 30.2 Å². The lowest BCUT2D eigenvalue weighted by Gasteiger charge is -2.10. The summed E-state index contributed by atoms with van der Waals surface area (Å²) in [6.45, 7) is 0. The van der Waals surface area contributed by atoms with Crippen molar-refractivity contribution in [3.05, 3.63) is 47.3 Å². The quantitative estimate of drug-likeness (QED) is 0.902. The summed E-state index contributed by atoms with van der Waals surface area (Å²) in [5, 5.41) is 0.0939. The zero-order valence-corrected chi connectivity index (χ0v) is 12.6. The lowest BCUT2D eigenvalue weighted by atomic mass is 10.1. The number of hydrogen-bond donors (Lipinski definition) is 1. The van der Waals surface area contributed by atoms with Gasteiger partial charge in [-0.15, -0.1) is 0 Å². The molecule has 110 valence electrons. The first kappa shape index (κ1) is 14.4. The lowest BCUT2D eigenvalue weighted by molar-refractivity contribution is 0.580. The molecule has 0 saturated heterocycles. The molecular formula is C13H13ClN4O2S. The van der Waals surface area contributed by atoms with Crippen LogP contribution >= 0.6 is 11.6 Å². The van der Waals surface area contributed by atoms with Gasteiger partial charge in [-0.1, -0.05) is 18.2 Å². The number of sulfonamides is 1. The molecule has 1 aliphatic rings. The number of halogens is 1. The van der Waals surface area contributed by atoms with Gasteiger partial charge in [-0.2, -0.15) is 0 Å². The molecule has 0 atom stereocenters. The van der Waals surface area contributed by atoms with Crippen LogP contribution in [0.25, 0.3) is 0 Å². The third-order valence-electron chi connectivity index (χ3n) is 3.10. The van der Waals surface area contributed by atoms with E-state index in [0.29, 0.717) is 11.4 Å². The van der Waals surface area contributed by atoms with Crippen molar-refractivity contribution in [2.75, 3.05) is 0 Å². The number of rotatable bonds is 5.